The van der Waals surface area contributed by atoms with E-state index in [2.05, 4.69) is 5.32 Å². The summed E-state index contributed by atoms with van der Waals surface area (Å²) in [6.45, 7) is 4.46. The van der Waals surface area contributed by atoms with Gasteiger partial charge in [-0.3, -0.25) is 0 Å². The van der Waals surface area contributed by atoms with Gasteiger partial charge in [-0.05, 0) is 37.6 Å². The number of carbonyl (C=O) groups is 2. The van der Waals surface area contributed by atoms with Gasteiger partial charge in [0.1, 0.15) is 17.1 Å². The van der Waals surface area contributed by atoms with Gasteiger partial charge in [0.15, 0.2) is 11.5 Å². The fraction of sp³-hybridized carbons (Fsp3) is 0.429. The van der Waals surface area contributed by atoms with Gasteiger partial charge in [0, 0.05) is 13.6 Å². The summed E-state index contributed by atoms with van der Waals surface area (Å²) >= 11 is 0. The molecular weight excluding hydrogens is 392 g/mol. The first kappa shape index (κ1) is 22.9. The number of rotatable bonds is 9. The van der Waals surface area contributed by atoms with Crippen LogP contribution in [0.3, 0.4) is 0 Å². The molecule has 1 N–H and O–H groups in total. The van der Waals surface area contributed by atoms with Crippen molar-refractivity contribution in [3.05, 3.63) is 40.8 Å². The number of aryl methyl sites for hydroxylation is 1. The number of benzene rings is 1. The fourth-order valence-electron chi connectivity index (χ4n) is 2.88. The van der Waals surface area contributed by atoms with Crippen molar-refractivity contribution in [2.24, 2.45) is 0 Å². The summed E-state index contributed by atoms with van der Waals surface area (Å²) < 4.78 is 26.6. The molecule has 0 fully saturated rings. The zero-order chi connectivity index (χ0) is 22.3. The zero-order valence-corrected chi connectivity index (χ0v) is 18.2. The second kappa shape index (κ2) is 10.4. The highest BCUT2D eigenvalue weighted by Crippen LogP contribution is 2.38. The van der Waals surface area contributed by atoms with Crippen LogP contribution in [0.1, 0.15) is 34.4 Å². The third-order valence-electron chi connectivity index (χ3n) is 4.37. The van der Waals surface area contributed by atoms with Crippen LogP contribution in [0, 0.1) is 6.92 Å². The molecule has 9 heteroatoms. The van der Waals surface area contributed by atoms with Crippen molar-refractivity contribution < 1.29 is 33.0 Å². The minimum Gasteiger partial charge on any atom is -0.493 e. The van der Waals surface area contributed by atoms with E-state index in [9.17, 15) is 9.59 Å². The minimum absolute atomic E-state index is 0.194. The Bertz CT molecular complexity index is 866. The molecule has 0 atom stereocenters. The average Bonchev–Trinajstić information content (AvgIpc) is 3.11. The molecule has 0 spiro atoms. The number of ether oxygens (including phenoxy) is 4. The first-order chi connectivity index (χ1) is 14.3. The van der Waals surface area contributed by atoms with Crippen LogP contribution in [0.15, 0.2) is 22.6 Å². The van der Waals surface area contributed by atoms with Gasteiger partial charge in [-0.15, -0.1) is 0 Å². The summed E-state index contributed by atoms with van der Waals surface area (Å²) in [5, 5.41) is 2.83. The SMILES string of the molecule is CCOc1c(OC)cc(CNC(=O)N(C)Cc2cc(C(=O)OC)c(C)o2)cc1OC. The Labute approximate surface area is 175 Å². The van der Waals surface area contributed by atoms with Gasteiger partial charge in [0.2, 0.25) is 5.75 Å². The largest absolute Gasteiger partial charge is 0.493 e. The first-order valence-electron chi connectivity index (χ1n) is 9.38. The van der Waals surface area contributed by atoms with Crippen molar-refractivity contribution in [2.75, 3.05) is 35.0 Å². The zero-order valence-electron chi connectivity index (χ0n) is 18.2. The molecule has 2 rings (SSSR count). The molecule has 1 aromatic heterocycles. The maximum atomic E-state index is 12.5. The number of methoxy groups -OCH3 is 3. The maximum Gasteiger partial charge on any atom is 0.341 e. The van der Waals surface area contributed by atoms with E-state index >= 15 is 0 Å². The van der Waals surface area contributed by atoms with E-state index in [1.807, 2.05) is 6.92 Å². The molecule has 2 amide bonds. The van der Waals surface area contributed by atoms with Crippen molar-refractivity contribution in [1.29, 1.82) is 0 Å². The van der Waals surface area contributed by atoms with Gasteiger partial charge < -0.3 is 33.6 Å². The van der Waals surface area contributed by atoms with Gasteiger partial charge in [0.25, 0.3) is 0 Å². The third-order valence-corrected chi connectivity index (χ3v) is 4.37. The molecule has 0 aliphatic carbocycles. The highest BCUT2D eigenvalue weighted by atomic mass is 16.5. The smallest absolute Gasteiger partial charge is 0.341 e. The van der Waals surface area contributed by atoms with Crippen LogP contribution in [0.25, 0.3) is 0 Å². The molecule has 1 heterocycles. The molecule has 9 nitrogen and oxygen atoms in total. The molecule has 0 saturated heterocycles. The van der Waals surface area contributed by atoms with Crippen molar-refractivity contribution in [3.63, 3.8) is 0 Å². The predicted molar refractivity (Wildman–Crippen MR) is 109 cm³/mol. The number of hydrogen-bond donors (Lipinski definition) is 1. The number of nitrogens with zero attached hydrogens (tertiary/aromatic N) is 1. The predicted octanol–water partition coefficient (Wildman–Crippen LogP) is 3.13. The Morgan fingerprint density at radius 2 is 1.73 bits per heavy atom. The molecule has 0 saturated carbocycles. The van der Waals surface area contributed by atoms with Crippen LogP contribution in [-0.4, -0.2) is 51.9 Å². The normalized spacial score (nSPS) is 10.3. The molecular formula is C21H28N2O7. The lowest BCUT2D eigenvalue weighted by Crippen LogP contribution is -2.36. The summed E-state index contributed by atoms with van der Waals surface area (Å²) in [5.74, 6) is 2.01. The second-order valence-corrected chi connectivity index (χ2v) is 6.45. The summed E-state index contributed by atoms with van der Waals surface area (Å²) in [5.41, 5.74) is 1.13. The van der Waals surface area contributed by atoms with E-state index in [4.69, 9.17) is 23.4 Å². The molecule has 164 valence electrons. The van der Waals surface area contributed by atoms with Crippen LogP contribution in [-0.2, 0) is 17.8 Å². The monoisotopic (exact) mass is 420 g/mol. The van der Waals surface area contributed by atoms with Gasteiger partial charge >= 0.3 is 12.0 Å². The van der Waals surface area contributed by atoms with Crippen molar-refractivity contribution in [2.45, 2.75) is 26.9 Å². The standard InChI is InChI=1S/C21H28N2O7/c1-7-29-19-17(26-4)8-14(9-18(19)27-5)11-22-21(25)23(3)12-15-10-16(13(2)30-15)20(24)28-6/h8-10H,7,11-12H2,1-6H3,(H,22,25). The summed E-state index contributed by atoms with van der Waals surface area (Å²) in [6, 6.07) is 4.83. The number of urea groups is 1. The highest BCUT2D eigenvalue weighted by molar-refractivity contribution is 5.90. The maximum absolute atomic E-state index is 12.5. The Balaban J connectivity index is 2.04. The lowest BCUT2D eigenvalue weighted by Gasteiger charge is -2.18. The van der Waals surface area contributed by atoms with Crippen LogP contribution >= 0.6 is 0 Å². The molecule has 0 radical (unpaired) electrons. The molecule has 0 aliphatic heterocycles. The van der Waals surface area contributed by atoms with Crippen LogP contribution in [0.4, 0.5) is 4.79 Å². The fourth-order valence-corrected chi connectivity index (χ4v) is 2.88. The number of hydrogen-bond acceptors (Lipinski definition) is 7. The van der Waals surface area contributed by atoms with Gasteiger partial charge in [-0.25, -0.2) is 9.59 Å². The van der Waals surface area contributed by atoms with Crippen LogP contribution < -0.4 is 19.5 Å². The van der Waals surface area contributed by atoms with Crippen LogP contribution in [0.5, 0.6) is 17.2 Å². The first-order valence-corrected chi connectivity index (χ1v) is 9.38. The van der Waals surface area contributed by atoms with E-state index in [0.29, 0.717) is 40.9 Å². The Morgan fingerprint density at radius 3 is 2.27 bits per heavy atom. The second-order valence-electron chi connectivity index (χ2n) is 6.45. The molecule has 0 bridgehead atoms. The van der Waals surface area contributed by atoms with Crippen LogP contribution in [0.2, 0.25) is 0 Å². The van der Waals surface area contributed by atoms with E-state index in [1.165, 1.54) is 12.0 Å². The lowest BCUT2D eigenvalue weighted by molar-refractivity contribution is 0.0598. The number of carbonyl (C=O) groups excluding carboxylic acids is 2. The third kappa shape index (κ3) is 5.37. The molecule has 30 heavy (non-hydrogen) atoms. The topological polar surface area (TPSA) is 99.5 Å². The van der Waals surface area contributed by atoms with E-state index in [1.54, 1.807) is 46.4 Å². The van der Waals surface area contributed by atoms with Crippen molar-refractivity contribution >= 4 is 12.0 Å². The van der Waals surface area contributed by atoms with E-state index < -0.39 is 5.97 Å². The molecule has 1 aromatic carbocycles. The van der Waals surface area contributed by atoms with Gasteiger partial charge in [-0.1, -0.05) is 0 Å². The van der Waals surface area contributed by atoms with E-state index in [0.717, 1.165) is 5.56 Å². The molecule has 0 unspecified atom stereocenters. The van der Waals surface area contributed by atoms with Gasteiger partial charge in [0.05, 0.1) is 34.5 Å². The quantitative estimate of drug-likeness (QED) is 0.622. The Morgan fingerprint density at radius 1 is 1.10 bits per heavy atom. The Kier molecular flexibility index (Phi) is 7.97. The number of nitrogens with one attached hydrogen (secondary N) is 1. The summed E-state index contributed by atoms with van der Waals surface area (Å²) in [6.07, 6.45) is 0. The average molecular weight is 420 g/mol. The van der Waals surface area contributed by atoms with Crippen molar-refractivity contribution in [1.82, 2.24) is 10.2 Å². The number of furan rings is 1. The lowest BCUT2D eigenvalue weighted by atomic mass is 10.2. The van der Waals surface area contributed by atoms with Crippen molar-refractivity contribution in [3.8, 4) is 17.2 Å². The summed E-state index contributed by atoms with van der Waals surface area (Å²) in [4.78, 5) is 25.6. The highest BCUT2D eigenvalue weighted by Gasteiger charge is 2.19. The minimum atomic E-state index is -0.479. The number of amides is 2. The summed E-state index contributed by atoms with van der Waals surface area (Å²) in [7, 11) is 6.02. The Hall–Kier alpha value is -3.36. The molecule has 2 aromatic rings. The van der Waals surface area contributed by atoms with E-state index in [-0.39, 0.29) is 19.1 Å². The number of esters is 1. The molecule has 0 aliphatic rings. The van der Waals surface area contributed by atoms with Gasteiger partial charge in [-0.2, -0.15) is 0 Å².